The number of carbonyl (C=O) groups excluding carboxylic acids is 1. The van der Waals surface area contributed by atoms with Gasteiger partial charge in [0.1, 0.15) is 0 Å². The highest BCUT2D eigenvalue weighted by molar-refractivity contribution is 5.85. The van der Waals surface area contributed by atoms with Crippen molar-refractivity contribution in [2.24, 2.45) is 11.8 Å². The van der Waals surface area contributed by atoms with Gasteiger partial charge >= 0.3 is 0 Å². The molecular weight excluding hydrogens is 284 g/mol. The minimum absolute atomic E-state index is 0. The molecule has 2 N–H and O–H groups in total. The molecule has 3 nitrogen and oxygen atoms in total. The van der Waals surface area contributed by atoms with Crippen LogP contribution in [0.3, 0.4) is 0 Å². The van der Waals surface area contributed by atoms with Crippen LogP contribution in [0.1, 0.15) is 37.7 Å². The zero-order valence-corrected chi connectivity index (χ0v) is 13.3. The third-order valence-corrected chi connectivity index (χ3v) is 4.37. The predicted octanol–water partition coefficient (Wildman–Crippen LogP) is 3.27. The van der Waals surface area contributed by atoms with Gasteiger partial charge in [0.05, 0.1) is 0 Å². The molecule has 116 valence electrons. The van der Waals surface area contributed by atoms with E-state index in [-0.39, 0.29) is 12.4 Å². The lowest BCUT2D eigenvalue weighted by atomic mass is 10.1. The third kappa shape index (κ3) is 4.92. The van der Waals surface area contributed by atoms with Gasteiger partial charge in [-0.3, -0.25) is 4.79 Å². The molecule has 0 aliphatic heterocycles. The van der Waals surface area contributed by atoms with Crippen LogP contribution in [0, 0.1) is 11.8 Å². The Morgan fingerprint density at radius 3 is 2.19 bits per heavy atom. The predicted molar refractivity (Wildman–Crippen MR) is 88.5 cm³/mol. The van der Waals surface area contributed by atoms with Gasteiger partial charge in [-0.05, 0) is 55.6 Å². The fourth-order valence-corrected chi connectivity index (χ4v) is 2.66. The van der Waals surface area contributed by atoms with Gasteiger partial charge in [0.2, 0.25) is 5.91 Å². The Bertz CT molecular complexity index is 469. The van der Waals surface area contributed by atoms with Crippen LogP contribution in [-0.4, -0.2) is 23.9 Å². The summed E-state index contributed by atoms with van der Waals surface area (Å²) in [5.74, 6) is 1.87. The number of anilines is 1. The quantitative estimate of drug-likeness (QED) is 0.786. The first kappa shape index (κ1) is 16.2. The zero-order chi connectivity index (χ0) is 13.9. The fourth-order valence-electron chi connectivity index (χ4n) is 2.66. The Labute approximate surface area is 133 Å². The van der Waals surface area contributed by atoms with E-state index in [0.29, 0.717) is 12.3 Å². The van der Waals surface area contributed by atoms with Crippen LogP contribution in [0.2, 0.25) is 0 Å². The lowest BCUT2D eigenvalue weighted by Gasteiger charge is -2.22. The van der Waals surface area contributed by atoms with E-state index >= 15 is 0 Å². The smallest absolute Gasteiger partial charge is 0.222 e. The first-order chi connectivity index (χ1) is 9.72. The highest BCUT2D eigenvalue weighted by atomic mass is 35.5. The number of nitrogen functional groups attached to an aromatic ring is 1. The van der Waals surface area contributed by atoms with Crippen LogP contribution in [0.5, 0.6) is 0 Å². The summed E-state index contributed by atoms with van der Waals surface area (Å²) in [5.41, 5.74) is 7.84. The van der Waals surface area contributed by atoms with E-state index in [1.54, 1.807) is 0 Å². The molecule has 0 atom stereocenters. The largest absolute Gasteiger partial charge is 0.399 e. The number of aryl methyl sites for hydroxylation is 1. The first-order valence-corrected chi connectivity index (χ1v) is 7.83. The Morgan fingerprint density at radius 1 is 1.10 bits per heavy atom. The molecule has 0 aromatic heterocycles. The number of hydrogen-bond acceptors (Lipinski definition) is 2. The van der Waals surface area contributed by atoms with E-state index in [4.69, 9.17) is 5.73 Å². The van der Waals surface area contributed by atoms with Crippen molar-refractivity contribution in [3.63, 3.8) is 0 Å². The third-order valence-electron chi connectivity index (χ3n) is 4.37. The number of para-hydroxylation sites is 1. The molecule has 1 aromatic carbocycles. The molecule has 1 aromatic rings. The molecule has 2 aliphatic carbocycles. The standard InChI is InChI=1S/C17H24N2O.ClH/c18-16-4-2-1-3-15(16)9-10-17(20)19(11-13-5-6-13)12-14-7-8-14;/h1-4,13-14H,5-12,18H2;1H. The van der Waals surface area contributed by atoms with Crippen LogP contribution >= 0.6 is 12.4 Å². The molecule has 0 bridgehead atoms. The van der Waals surface area contributed by atoms with Crippen LogP contribution in [0.15, 0.2) is 24.3 Å². The average Bonchev–Trinajstić information content (AvgIpc) is 3.32. The molecule has 21 heavy (non-hydrogen) atoms. The lowest BCUT2D eigenvalue weighted by molar-refractivity contribution is -0.131. The Morgan fingerprint density at radius 2 is 1.67 bits per heavy atom. The van der Waals surface area contributed by atoms with E-state index in [0.717, 1.165) is 42.6 Å². The van der Waals surface area contributed by atoms with Gasteiger partial charge in [0.25, 0.3) is 0 Å². The zero-order valence-electron chi connectivity index (χ0n) is 12.5. The Hall–Kier alpha value is -1.22. The SMILES string of the molecule is Cl.Nc1ccccc1CCC(=O)N(CC1CC1)CC1CC1. The van der Waals surface area contributed by atoms with E-state index in [9.17, 15) is 4.79 Å². The highest BCUT2D eigenvalue weighted by Crippen LogP contribution is 2.34. The summed E-state index contributed by atoms with van der Waals surface area (Å²) in [6.07, 6.45) is 6.57. The molecule has 3 rings (SSSR count). The summed E-state index contributed by atoms with van der Waals surface area (Å²) in [5, 5.41) is 0. The van der Waals surface area contributed by atoms with Crippen molar-refractivity contribution in [2.75, 3.05) is 18.8 Å². The number of rotatable bonds is 7. The molecule has 2 fully saturated rings. The average molecular weight is 309 g/mol. The van der Waals surface area contributed by atoms with Gasteiger partial charge in [0.15, 0.2) is 0 Å². The van der Waals surface area contributed by atoms with E-state index in [1.165, 1.54) is 25.7 Å². The summed E-state index contributed by atoms with van der Waals surface area (Å²) in [4.78, 5) is 14.6. The van der Waals surface area contributed by atoms with Crippen LogP contribution in [-0.2, 0) is 11.2 Å². The highest BCUT2D eigenvalue weighted by Gasteiger charge is 2.31. The van der Waals surface area contributed by atoms with Crippen molar-refractivity contribution in [3.05, 3.63) is 29.8 Å². The van der Waals surface area contributed by atoms with Gasteiger partial charge in [-0.1, -0.05) is 18.2 Å². The second-order valence-corrected chi connectivity index (χ2v) is 6.38. The van der Waals surface area contributed by atoms with E-state index in [2.05, 4.69) is 4.90 Å². The number of carbonyl (C=O) groups is 1. The molecule has 1 amide bonds. The molecule has 2 saturated carbocycles. The summed E-state index contributed by atoms with van der Waals surface area (Å²) in [7, 11) is 0. The second kappa shape index (κ2) is 7.17. The van der Waals surface area contributed by atoms with Gasteiger partial charge in [0, 0.05) is 25.2 Å². The normalized spacial score (nSPS) is 17.1. The second-order valence-electron chi connectivity index (χ2n) is 6.38. The number of benzene rings is 1. The maximum absolute atomic E-state index is 12.4. The van der Waals surface area contributed by atoms with Crippen LogP contribution < -0.4 is 5.73 Å². The van der Waals surface area contributed by atoms with E-state index in [1.807, 2.05) is 24.3 Å². The first-order valence-electron chi connectivity index (χ1n) is 7.83. The Kier molecular flexibility index (Phi) is 5.51. The monoisotopic (exact) mass is 308 g/mol. The summed E-state index contributed by atoms with van der Waals surface area (Å²) in [6.45, 7) is 1.97. The maximum atomic E-state index is 12.4. The fraction of sp³-hybridized carbons (Fsp3) is 0.588. The van der Waals surface area contributed by atoms with Gasteiger partial charge in [-0.15, -0.1) is 12.4 Å². The molecule has 2 aliphatic rings. The lowest BCUT2D eigenvalue weighted by Crippen LogP contribution is -2.34. The Balaban J connectivity index is 0.00000161. The van der Waals surface area contributed by atoms with Crippen molar-refractivity contribution >= 4 is 24.0 Å². The van der Waals surface area contributed by atoms with Crippen molar-refractivity contribution < 1.29 is 4.79 Å². The molecular formula is C17H25ClN2O. The minimum Gasteiger partial charge on any atom is -0.399 e. The number of nitrogens with zero attached hydrogens (tertiary/aromatic N) is 1. The molecule has 0 heterocycles. The van der Waals surface area contributed by atoms with Gasteiger partial charge in [-0.25, -0.2) is 0 Å². The van der Waals surface area contributed by atoms with Crippen molar-refractivity contribution in [1.82, 2.24) is 4.90 Å². The summed E-state index contributed by atoms with van der Waals surface area (Å²) < 4.78 is 0. The van der Waals surface area contributed by atoms with Crippen LogP contribution in [0.25, 0.3) is 0 Å². The minimum atomic E-state index is 0. The van der Waals surface area contributed by atoms with Gasteiger partial charge < -0.3 is 10.6 Å². The van der Waals surface area contributed by atoms with Crippen molar-refractivity contribution in [1.29, 1.82) is 0 Å². The molecule has 0 spiro atoms. The molecule has 0 saturated heterocycles. The molecule has 0 radical (unpaired) electrons. The molecule has 4 heteroatoms. The number of amides is 1. The summed E-state index contributed by atoms with van der Waals surface area (Å²) >= 11 is 0. The van der Waals surface area contributed by atoms with Crippen molar-refractivity contribution in [2.45, 2.75) is 38.5 Å². The van der Waals surface area contributed by atoms with Crippen LogP contribution in [0.4, 0.5) is 5.69 Å². The number of halogens is 1. The maximum Gasteiger partial charge on any atom is 0.222 e. The number of nitrogens with two attached hydrogens (primary N) is 1. The van der Waals surface area contributed by atoms with Gasteiger partial charge in [-0.2, -0.15) is 0 Å². The molecule has 0 unspecified atom stereocenters. The summed E-state index contributed by atoms with van der Waals surface area (Å²) in [6, 6.07) is 7.86. The van der Waals surface area contributed by atoms with Crippen molar-refractivity contribution in [3.8, 4) is 0 Å². The number of hydrogen-bond donors (Lipinski definition) is 1. The topological polar surface area (TPSA) is 46.3 Å². The van der Waals surface area contributed by atoms with E-state index < -0.39 is 0 Å².